The molecule has 23 heavy (non-hydrogen) atoms. The molecular weight excluding hydrogens is 355 g/mol. The van der Waals surface area contributed by atoms with E-state index in [-0.39, 0.29) is 5.60 Å². The number of alkyl halides is 3. The lowest BCUT2D eigenvalue weighted by Crippen LogP contribution is -2.48. The second-order valence-electron chi connectivity index (χ2n) is 5.58. The van der Waals surface area contributed by atoms with Crippen molar-refractivity contribution in [1.29, 1.82) is 0 Å². The van der Waals surface area contributed by atoms with E-state index in [1.807, 2.05) is 11.3 Å². The van der Waals surface area contributed by atoms with E-state index in [1.54, 1.807) is 4.88 Å². The fourth-order valence-corrected chi connectivity index (χ4v) is 3.87. The Labute approximate surface area is 136 Å². The first-order valence-corrected chi connectivity index (χ1v) is 9.35. The van der Waals surface area contributed by atoms with Crippen molar-refractivity contribution >= 4 is 21.5 Å². The van der Waals surface area contributed by atoms with Crippen molar-refractivity contribution in [2.24, 2.45) is 0 Å². The summed E-state index contributed by atoms with van der Waals surface area (Å²) in [5.74, 6) is 0. The number of halogens is 3. The van der Waals surface area contributed by atoms with Gasteiger partial charge in [-0.25, -0.2) is 0 Å². The Morgan fingerprint density at radius 1 is 1.48 bits per heavy atom. The summed E-state index contributed by atoms with van der Waals surface area (Å²) in [7, 11) is -5.84. The van der Waals surface area contributed by atoms with Crippen molar-refractivity contribution in [3.63, 3.8) is 0 Å². The number of rotatable bonds is 0. The van der Waals surface area contributed by atoms with Crippen LogP contribution in [-0.4, -0.2) is 37.7 Å². The number of nitrogens with one attached hydrogen (secondary N) is 1. The molecule has 0 radical (unpaired) electrons. The molecule has 2 N–H and O–H groups in total. The number of hydrogen-bond donors (Lipinski definition) is 2. The van der Waals surface area contributed by atoms with Gasteiger partial charge in [-0.3, -0.25) is 4.55 Å². The number of ether oxygens (including phenoxy) is 1. The van der Waals surface area contributed by atoms with Gasteiger partial charge >= 0.3 is 15.6 Å². The van der Waals surface area contributed by atoms with Gasteiger partial charge in [0.05, 0.1) is 12.2 Å². The van der Waals surface area contributed by atoms with Crippen molar-refractivity contribution in [3.8, 4) is 0 Å². The number of thiophene rings is 1. The summed E-state index contributed by atoms with van der Waals surface area (Å²) in [6.07, 6.45) is 3.36. The molecular formula is C13H18F3NO4S2. The quantitative estimate of drug-likeness (QED) is 0.540. The molecule has 2 aliphatic heterocycles. The third kappa shape index (κ3) is 4.24. The highest BCUT2D eigenvalue weighted by molar-refractivity contribution is 7.86. The lowest BCUT2D eigenvalue weighted by molar-refractivity contribution is -0.0870. The molecule has 0 amide bonds. The van der Waals surface area contributed by atoms with E-state index in [0.717, 1.165) is 32.4 Å². The fourth-order valence-electron chi connectivity index (χ4n) is 2.92. The molecule has 3 heterocycles. The van der Waals surface area contributed by atoms with E-state index in [2.05, 4.69) is 23.7 Å². The van der Waals surface area contributed by atoms with Crippen molar-refractivity contribution in [2.45, 2.75) is 43.3 Å². The molecule has 3 rings (SSSR count). The van der Waals surface area contributed by atoms with Crippen LogP contribution in [0.2, 0.25) is 0 Å². The summed E-state index contributed by atoms with van der Waals surface area (Å²) in [6.45, 7) is 4.24. The minimum atomic E-state index is -5.84. The maximum atomic E-state index is 10.7. The Kier molecular flexibility index (Phi) is 5.41. The zero-order valence-corrected chi connectivity index (χ0v) is 14.0. The van der Waals surface area contributed by atoms with Crippen LogP contribution in [0.1, 0.15) is 30.2 Å². The highest BCUT2D eigenvalue weighted by Crippen LogP contribution is 2.43. The Balaban J connectivity index is 0.000000207. The molecule has 10 heteroatoms. The van der Waals surface area contributed by atoms with Gasteiger partial charge in [-0.2, -0.15) is 21.6 Å². The summed E-state index contributed by atoms with van der Waals surface area (Å²) in [5, 5.41) is 5.72. The van der Waals surface area contributed by atoms with Crippen molar-refractivity contribution in [2.75, 3.05) is 13.2 Å². The van der Waals surface area contributed by atoms with Gasteiger partial charge in [0.25, 0.3) is 0 Å². The second-order valence-corrected chi connectivity index (χ2v) is 7.99. The monoisotopic (exact) mass is 373 g/mol. The highest BCUT2D eigenvalue weighted by atomic mass is 32.2. The van der Waals surface area contributed by atoms with Crippen LogP contribution in [0.3, 0.4) is 0 Å². The minimum absolute atomic E-state index is 0.0399. The Morgan fingerprint density at radius 2 is 2.13 bits per heavy atom. The molecule has 2 atom stereocenters. The molecule has 1 spiro atoms. The summed E-state index contributed by atoms with van der Waals surface area (Å²) in [5.41, 5.74) is -4.02. The lowest BCUT2D eigenvalue weighted by atomic mass is 9.80. The molecule has 132 valence electrons. The highest BCUT2D eigenvalue weighted by Gasteiger charge is 2.44. The van der Waals surface area contributed by atoms with E-state index >= 15 is 0 Å². The largest absolute Gasteiger partial charge is 0.522 e. The normalized spacial score (nSPS) is 28.0. The van der Waals surface area contributed by atoms with Crippen LogP contribution in [0.4, 0.5) is 13.2 Å². The van der Waals surface area contributed by atoms with E-state index in [9.17, 15) is 13.2 Å². The number of fused-ring (bicyclic) bond motifs is 2. The third-order valence-electron chi connectivity index (χ3n) is 3.89. The molecule has 0 aromatic carbocycles. The SMILES string of the molecule is C[C@H]1CC2(CCN1)OCCc1sccc12.O=S(=O)(O)C(F)(F)F. The van der Waals surface area contributed by atoms with Crippen LogP contribution in [0.5, 0.6) is 0 Å². The Hall–Kier alpha value is -0.680. The van der Waals surface area contributed by atoms with Gasteiger partial charge < -0.3 is 10.1 Å². The molecule has 1 fully saturated rings. The maximum absolute atomic E-state index is 10.7. The first kappa shape index (κ1) is 18.7. The summed E-state index contributed by atoms with van der Waals surface area (Å²) >= 11 is 1.89. The van der Waals surface area contributed by atoms with Crippen LogP contribution < -0.4 is 5.32 Å². The van der Waals surface area contributed by atoms with Gasteiger partial charge in [0.1, 0.15) is 0 Å². The standard InChI is InChI=1S/C12H17NOS.CHF3O3S/c1-9-8-12(4-5-13-9)10-3-7-15-11(10)2-6-14-12;2-1(3,4)8(5,6)7/h3,7,9,13H,2,4-6,8H2,1H3;(H,5,6,7)/t9-,12?;/m0./s1. The van der Waals surface area contributed by atoms with Crippen LogP contribution in [0.25, 0.3) is 0 Å². The van der Waals surface area contributed by atoms with Gasteiger partial charge in [-0.1, -0.05) is 0 Å². The minimum Gasteiger partial charge on any atom is -0.370 e. The fraction of sp³-hybridized carbons (Fsp3) is 0.692. The van der Waals surface area contributed by atoms with Gasteiger partial charge in [0.15, 0.2) is 0 Å². The average Bonchev–Trinajstić information content (AvgIpc) is 2.87. The van der Waals surface area contributed by atoms with E-state index in [1.165, 1.54) is 5.56 Å². The first-order chi connectivity index (χ1) is 10.6. The van der Waals surface area contributed by atoms with Crippen LogP contribution >= 0.6 is 11.3 Å². The van der Waals surface area contributed by atoms with Gasteiger partial charge in [-0.05, 0) is 43.3 Å². The Bertz CT molecular complexity index is 644. The number of piperidine rings is 1. The second kappa shape index (κ2) is 6.67. The topological polar surface area (TPSA) is 75.6 Å². The lowest BCUT2D eigenvalue weighted by Gasteiger charge is -2.43. The molecule has 0 saturated carbocycles. The average molecular weight is 373 g/mol. The van der Waals surface area contributed by atoms with Crippen LogP contribution in [-0.2, 0) is 26.9 Å². The van der Waals surface area contributed by atoms with Crippen LogP contribution in [0, 0.1) is 0 Å². The van der Waals surface area contributed by atoms with E-state index in [4.69, 9.17) is 17.7 Å². The van der Waals surface area contributed by atoms with E-state index < -0.39 is 15.6 Å². The third-order valence-corrected chi connectivity index (χ3v) is 5.46. The number of hydrogen-bond acceptors (Lipinski definition) is 5. The molecule has 1 aromatic heterocycles. The van der Waals surface area contributed by atoms with Crippen molar-refractivity contribution < 1.29 is 30.9 Å². The van der Waals surface area contributed by atoms with Gasteiger partial charge in [-0.15, -0.1) is 11.3 Å². The van der Waals surface area contributed by atoms with E-state index in [0.29, 0.717) is 6.04 Å². The van der Waals surface area contributed by atoms with Gasteiger partial charge in [0.2, 0.25) is 0 Å². The van der Waals surface area contributed by atoms with Crippen molar-refractivity contribution in [1.82, 2.24) is 5.32 Å². The predicted molar refractivity (Wildman–Crippen MR) is 80.0 cm³/mol. The molecule has 5 nitrogen and oxygen atoms in total. The van der Waals surface area contributed by atoms with Gasteiger partial charge in [0, 0.05) is 17.3 Å². The zero-order chi connectivity index (χ0) is 17.3. The molecule has 1 saturated heterocycles. The summed E-state index contributed by atoms with van der Waals surface area (Å²) in [4.78, 5) is 1.55. The smallest absolute Gasteiger partial charge is 0.370 e. The molecule has 0 bridgehead atoms. The predicted octanol–water partition coefficient (Wildman–Crippen LogP) is 2.68. The van der Waals surface area contributed by atoms with Crippen LogP contribution in [0.15, 0.2) is 11.4 Å². The maximum Gasteiger partial charge on any atom is 0.522 e. The molecule has 1 aromatic rings. The molecule has 1 unspecified atom stereocenters. The molecule has 0 aliphatic carbocycles. The molecule has 2 aliphatic rings. The summed E-state index contributed by atoms with van der Waals surface area (Å²) in [6, 6.07) is 2.85. The van der Waals surface area contributed by atoms with Crippen molar-refractivity contribution in [3.05, 3.63) is 21.9 Å². The zero-order valence-electron chi connectivity index (χ0n) is 12.4. The summed E-state index contributed by atoms with van der Waals surface area (Å²) < 4.78 is 63.7. The first-order valence-electron chi connectivity index (χ1n) is 7.03. The Morgan fingerprint density at radius 3 is 2.70 bits per heavy atom.